The highest BCUT2D eigenvalue weighted by Gasteiger charge is 2.13. The van der Waals surface area contributed by atoms with Crippen molar-refractivity contribution in [1.29, 1.82) is 0 Å². The van der Waals surface area contributed by atoms with Gasteiger partial charge in [0.15, 0.2) is 0 Å². The van der Waals surface area contributed by atoms with E-state index in [4.69, 9.17) is 16.7 Å². The van der Waals surface area contributed by atoms with E-state index >= 15 is 0 Å². The van der Waals surface area contributed by atoms with Crippen LogP contribution in [-0.4, -0.2) is 36.7 Å². The van der Waals surface area contributed by atoms with Crippen molar-refractivity contribution in [3.63, 3.8) is 0 Å². The topological polar surface area (TPSA) is 79.6 Å². The smallest absolute Gasteiger partial charge is 0.138 e. The Balaban J connectivity index is 2.17. The average molecular weight is 264 g/mol. The highest BCUT2D eigenvalue weighted by atomic mass is 35.5. The first kappa shape index (κ1) is 11.2. The number of nitrogens with one attached hydrogen (secondary N) is 1. The Labute approximate surface area is 107 Å². The van der Waals surface area contributed by atoms with Gasteiger partial charge in [-0.15, -0.1) is 5.10 Å². The van der Waals surface area contributed by atoms with Crippen molar-refractivity contribution in [1.82, 2.24) is 25.0 Å². The molecule has 2 N–H and O–H groups in total. The highest BCUT2D eigenvalue weighted by Crippen LogP contribution is 2.32. The first-order valence-corrected chi connectivity index (χ1v) is 5.80. The molecule has 0 aliphatic heterocycles. The van der Waals surface area contributed by atoms with Crippen LogP contribution in [0.4, 0.5) is 0 Å². The van der Waals surface area contributed by atoms with Crippen LogP contribution in [0.1, 0.15) is 0 Å². The Morgan fingerprint density at radius 1 is 1.44 bits per heavy atom. The number of fused-ring (bicyclic) bond motifs is 1. The van der Waals surface area contributed by atoms with Crippen LogP contribution in [0.5, 0.6) is 0 Å². The molecule has 0 saturated carbocycles. The van der Waals surface area contributed by atoms with Crippen LogP contribution in [0.2, 0.25) is 5.02 Å². The molecule has 0 aliphatic rings. The molecule has 3 aromatic rings. The number of aromatic amines is 1. The fourth-order valence-corrected chi connectivity index (χ4v) is 2.12. The maximum absolute atomic E-state index is 8.86. The molecule has 0 amide bonds. The number of pyridine rings is 1. The fourth-order valence-electron chi connectivity index (χ4n) is 1.87. The van der Waals surface area contributed by atoms with E-state index in [-0.39, 0.29) is 6.61 Å². The number of nitrogens with zero attached hydrogens (tertiary/aromatic N) is 4. The number of hydrogen-bond donors (Lipinski definition) is 2. The van der Waals surface area contributed by atoms with E-state index in [1.54, 1.807) is 23.3 Å². The second-order valence-corrected chi connectivity index (χ2v) is 4.22. The number of H-pyrrole nitrogens is 1. The maximum atomic E-state index is 8.86. The van der Waals surface area contributed by atoms with Crippen LogP contribution in [0.25, 0.3) is 22.3 Å². The van der Waals surface area contributed by atoms with Gasteiger partial charge in [0.25, 0.3) is 0 Å². The number of aliphatic hydroxyl groups is 1. The normalized spacial score (nSPS) is 11.2. The number of aromatic nitrogens is 5. The SMILES string of the molecule is OCCn1cc(-c2c(Cl)cnc3[nH]ccc23)nn1. The summed E-state index contributed by atoms with van der Waals surface area (Å²) < 4.78 is 1.57. The summed E-state index contributed by atoms with van der Waals surface area (Å²) in [5, 5.41) is 18.3. The van der Waals surface area contributed by atoms with Gasteiger partial charge in [-0.1, -0.05) is 16.8 Å². The first-order valence-electron chi connectivity index (χ1n) is 5.42. The van der Waals surface area contributed by atoms with E-state index < -0.39 is 0 Å². The van der Waals surface area contributed by atoms with E-state index in [0.717, 1.165) is 16.6 Å². The molecule has 6 nitrogen and oxygen atoms in total. The Bertz CT molecular complexity index is 690. The van der Waals surface area contributed by atoms with Crippen molar-refractivity contribution in [3.05, 3.63) is 29.7 Å². The van der Waals surface area contributed by atoms with Gasteiger partial charge in [-0.25, -0.2) is 9.67 Å². The monoisotopic (exact) mass is 263 g/mol. The Morgan fingerprint density at radius 2 is 2.33 bits per heavy atom. The molecule has 3 rings (SSSR count). The molecular formula is C11H10ClN5O. The van der Waals surface area contributed by atoms with Gasteiger partial charge < -0.3 is 10.1 Å². The van der Waals surface area contributed by atoms with Crippen LogP contribution in [0.15, 0.2) is 24.7 Å². The van der Waals surface area contributed by atoms with E-state index in [0.29, 0.717) is 17.3 Å². The molecule has 3 aromatic heterocycles. The third-order valence-corrected chi connectivity index (χ3v) is 2.95. The molecule has 0 spiro atoms. The lowest BCUT2D eigenvalue weighted by atomic mass is 10.1. The summed E-state index contributed by atoms with van der Waals surface area (Å²) >= 11 is 6.18. The van der Waals surface area contributed by atoms with Crippen LogP contribution in [0, 0.1) is 0 Å². The minimum absolute atomic E-state index is 0.0203. The van der Waals surface area contributed by atoms with Gasteiger partial charge in [0.05, 0.1) is 24.4 Å². The molecular weight excluding hydrogens is 254 g/mol. The first-order chi connectivity index (χ1) is 8.79. The van der Waals surface area contributed by atoms with Crippen molar-refractivity contribution >= 4 is 22.6 Å². The molecule has 0 atom stereocenters. The predicted octanol–water partition coefficient (Wildman–Crippen LogP) is 1.47. The summed E-state index contributed by atoms with van der Waals surface area (Å²) in [5.74, 6) is 0. The number of hydrogen-bond acceptors (Lipinski definition) is 4. The summed E-state index contributed by atoms with van der Waals surface area (Å²) in [6.07, 6.45) is 5.14. The van der Waals surface area contributed by atoms with Gasteiger partial charge in [0.1, 0.15) is 11.3 Å². The van der Waals surface area contributed by atoms with Gasteiger partial charge in [-0.3, -0.25) is 0 Å². The van der Waals surface area contributed by atoms with Gasteiger partial charge in [-0.05, 0) is 6.07 Å². The number of halogens is 1. The second kappa shape index (κ2) is 4.40. The van der Waals surface area contributed by atoms with E-state index in [1.165, 1.54) is 0 Å². The van der Waals surface area contributed by atoms with E-state index in [2.05, 4.69) is 20.3 Å². The zero-order chi connectivity index (χ0) is 12.5. The zero-order valence-corrected chi connectivity index (χ0v) is 10.1. The molecule has 0 aliphatic carbocycles. The second-order valence-electron chi connectivity index (χ2n) is 3.81. The minimum Gasteiger partial charge on any atom is -0.394 e. The van der Waals surface area contributed by atoms with Crippen molar-refractivity contribution < 1.29 is 5.11 Å². The molecule has 0 radical (unpaired) electrons. The lowest BCUT2D eigenvalue weighted by Gasteiger charge is -2.01. The molecule has 0 saturated heterocycles. The summed E-state index contributed by atoms with van der Waals surface area (Å²) in [6.45, 7) is 0.429. The molecule has 0 unspecified atom stereocenters. The van der Waals surface area contributed by atoms with Crippen LogP contribution >= 0.6 is 11.6 Å². The minimum atomic E-state index is 0.0203. The highest BCUT2D eigenvalue weighted by molar-refractivity contribution is 6.34. The van der Waals surface area contributed by atoms with Gasteiger partial charge in [0.2, 0.25) is 0 Å². The standard InChI is InChI=1S/C11H10ClN5O/c12-8-5-14-11-7(1-2-13-11)10(8)9-6-17(3-4-18)16-15-9/h1-2,5-6,18H,3-4H2,(H,13,14). The Kier molecular flexibility index (Phi) is 2.73. The molecule has 0 fully saturated rings. The quantitative estimate of drug-likeness (QED) is 0.750. The summed E-state index contributed by atoms with van der Waals surface area (Å²) in [4.78, 5) is 7.21. The summed E-state index contributed by atoms with van der Waals surface area (Å²) in [5.41, 5.74) is 2.22. The molecule has 92 valence electrons. The van der Waals surface area contributed by atoms with Gasteiger partial charge in [-0.2, -0.15) is 0 Å². The van der Waals surface area contributed by atoms with Crippen molar-refractivity contribution in [2.24, 2.45) is 0 Å². The lowest BCUT2D eigenvalue weighted by Crippen LogP contribution is -2.01. The van der Waals surface area contributed by atoms with Crippen LogP contribution < -0.4 is 0 Å². The Morgan fingerprint density at radius 3 is 3.17 bits per heavy atom. The fraction of sp³-hybridized carbons (Fsp3) is 0.182. The molecule has 0 aromatic carbocycles. The third kappa shape index (κ3) is 1.75. The lowest BCUT2D eigenvalue weighted by molar-refractivity contribution is 0.268. The summed E-state index contributed by atoms with van der Waals surface area (Å²) in [7, 11) is 0. The summed E-state index contributed by atoms with van der Waals surface area (Å²) in [6, 6.07) is 1.90. The zero-order valence-electron chi connectivity index (χ0n) is 9.34. The Hall–Kier alpha value is -1.92. The molecule has 0 bridgehead atoms. The predicted molar refractivity (Wildman–Crippen MR) is 67.2 cm³/mol. The van der Waals surface area contributed by atoms with Gasteiger partial charge in [0, 0.05) is 23.3 Å². The number of aliphatic hydroxyl groups excluding tert-OH is 1. The van der Waals surface area contributed by atoms with Crippen molar-refractivity contribution in [2.75, 3.05) is 6.61 Å². The van der Waals surface area contributed by atoms with Gasteiger partial charge >= 0.3 is 0 Å². The maximum Gasteiger partial charge on any atom is 0.138 e. The van der Waals surface area contributed by atoms with Crippen LogP contribution in [0.3, 0.4) is 0 Å². The number of rotatable bonds is 3. The van der Waals surface area contributed by atoms with E-state index in [9.17, 15) is 0 Å². The average Bonchev–Trinajstić information content (AvgIpc) is 2.98. The van der Waals surface area contributed by atoms with E-state index in [1.807, 2.05) is 6.07 Å². The van der Waals surface area contributed by atoms with Crippen molar-refractivity contribution in [2.45, 2.75) is 6.54 Å². The third-order valence-electron chi connectivity index (χ3n) is 2.66. The molecule has 18 heavy (non-hydrogen) atoms. The molecule has 3 heterocycles. The van der Waals surface area contributed by atoms with Crippen molar-refractivity contribution in [3.8, 4) is 11.3 Å². The molecule has 7 heteroatoms. The van der Waals surface area contributed by atoms with Crippen LogP contribution in [-0.2, 0) is 6.54 Å². The largest absolute Gasteiger partial charge is 0.394 e.